The maximum absolute atomic E-state index is 6.03. The molecule has 17 heavy (non-hydrogen) atoms. The summed E-state index contributed by atoms with van der Waals surface area (Å²) in [5, 5.41) is 3.52. The second kappa shape index (κ2) is 3.89. The van der Waals surface area contributed by atoms with Gasteiger partial charge in [-0.2, -0.15) is 0 Å². The van der Waals surface area contributed by atoms with Gasteiger partial charge in [0.25, 0.3) is 0 Å². The molecule has 3 N–H and O–H groups in total. The van der Waals surface area contributed by atoms with Crippen molar-refractivity contribution in [1.82, 2.24) is 5.32 Å². The molecule has 0 bridgehead atoms. The van der Waals surface area contributed by atoms with Crippen LogP contribution in [0, 0.1) is 11.8 Å². The number of benzene rings is 1. The number of hydrogen-bond acceptors (Lipinski definition) is 4. The average molecular weight is 234 g/mol. The van der Waals surface area contributed by atoms with Crippen molar-refractivity contribution in [3.05, 3.63) is 23.8 Å². The molecule has 1 aromatic carbocycles. The first-order chi connectivity index (χ1) is 8.26. The summed E-state index contributed by atoms with van der Waals surface area (Å²) in [7, 11) is 3.31. The Balaban J connectivity index is 1.88. The Morgan fingerprint density at radius 2 is 2.00 bits per heavy atom. The van der Waals surface area contributed by atoms with Crippen molar-refractivity contribution in [2.75, 3.05) is 20.8 Å². The van der Waals surface area contributed by atoms with Gasteiger partial charge < -0.3 is 20.5 Å². The highest BCUT2D eigenvalue weighted by molar-refractivity contribution is 5.44. The molecular weight excluding hydrogens is 216 g/mol. The number of hydrogen-bond donors (Lipinski definition) is 2. The molecule has 4 atom stereocenters. The van der Waals surface area contributed by atoms with E-state index in [0.717, 1.165) is 18.0 Å². The van der Waals surface area contributed by atoms with E-state index in [9.17, 15) is 0 Å². The van der Waals surface area contributed by atoms with E-state index in [2.05, 4.69) is 11.4 Å². The van der Waals surface area contributed by atoms with Crippen LogP contribution >= 0.6 is 0 Å². The maximum Gasteiger partial charge on any atom is 0.161 e. The van der Waals surface area contributed by atoms with Crippen molar-refractivity contribution in [3.63, 3.8) is 0 Å². The third-order valence-electron chi connectivity index (χ3n) is 4.02. The number of rotatable bonds is 3. The molecule has 92 valence electrons. The number of ether oxygens (including phenoxy) is 2. The third kappa shape index (κ3) is 1.59. The molecule has 1 saturated carbocycles. The van der Waals surface area contributed by atoms with E-state index in [-0.39, 0.29) is 0 Å². The summed E-state index contributed by atoms with van der Waals surface area (Å²) in [6.07, 6.45) is 0. The van der Waals surface area contributed by atoms with E-state index in [1.165, 1.54) is 5.56 Å². The van der Waals surface area contributed by atoms with E-state index in [4.69, 9.17) is 15.2 Å². The van der Waals surface area contributed by atoms with E-state index in [0.29, 0.717) is 23.9 Å². The van der Waals surface area contributed by atoms with Crippen LogP contribution in [-0.2, 0) is 0 Å². The van der Waals surface area contributed by atoms with Crippen LogP contribution in [0.4, 0.5) is 0 Å². The van der Waals surface area contributed by atoms with E-state index >= 15 is 0 Å². The monoisotopic (exact) mass is 234 g/mol. The van der Waals surface area contributed by atoms with Gasteiger partial charge in [-0.05, 0) is 29.5 Å². The van der Waals surface area contributed by atoms with Crippen molar-refractivity contribution >= 4 is 0 Å². The van der Waals surface area contributed by atoms with Gasteiger partial charge in [-0.3, -0.25) is 0 Å². The Kier molecular flexibility index (Phi) is 2.49. The Morgan fingerprint density at radius 1 is 1.24 bits per heavy atom. The van der Waals surface area contributed by atoms with Crippen molar-refractivity contribution in [2.24, 2.45) is 17.6 Å². The van der Waals surface area contributed by atoms with Crippen LogP contribution in [0.2, 0.25) is 0 Å². The average Bonchev–Trinajstić information content (AvgIpc) is 2.81. The molecule has 1 aromatic rings. The summed E-state index contributed by atoms with van der Waals surface area (Å²) >= 11 is 0. The van der Waals surface area contributed by atoms with Crippen molar-refractivity contribution in [1.29, 1.82) is 0 Å². The zero-order valence-corrected chi connectivity index (χ0v) is 10.1. The lowest BCUT2D eigenvalue weighted by atomic mass is 10.0. The molecule has 4 unspecified atom stereocenters. The third-order valence-corrected chi connectivity index (χ3v) is 4.02. The highest BCUT2D eigenvalue weighted by atomic mass is 16.5. The highest BCUT2D eigenvalue weighted by Crippen LogP contribution is 2.51. The maximum atomic E-state index is 6.03. The fourth-order valence-corrected chi connectivity index (χ4v) is 2.96. The molecule has 0 radical (unpaired) electrons. The number of piperidine rings is 1. The summed E-state index contributed by atoms with van der Waals surface area (Å²) in [6.45, 7) is 1.03. The SMILES string of the molecule is COc1ccc(C2NCC3C(N)C23)cc1OC. The van der Waals surface area contributed by atoms with Crippen LogP contribution in [0.25, 0.3) is 0 Å². The van der Waals surface area contributed by atoms with Crippen molar-refractivity contribution < 1.29 is 9.47 Å². The van der Waals surface area contributed by atoms with Gasteiger partial charge in [0.2, 0.25) is 0 Å². The first-order valence-corrected chi connectivity index (χ1v) is 5.97. The minimum Gasteiger partial charge on any atom is -0.493 e. The van der Waals surface area contributed by atoms with Gasteiger partial charge >= 0.3 is 0 Å². The lowest BCUT2D eigenvalue weighted by molar-refractivity contribution is 0.353. The summed E-state index contributed by atoms with van der Waals surface area (Å²) in [5.74, 6) is 2.80. The first-order valence-electron chi connectivity index (χ1n) is 5.97. The zero-order valence-electron chi connectivity index (χ0n) is 10.1. The second-order valence-corrected chi connectivity index (χ2v) is 4.82. The second-order valence-electron chi connectivity index (χ2n) is 4.82. The topological polar surface area (TPSA) is 56.5 Å². The molecule has 1 aliphatic heterocycles. The summed E-state index contributed by atoms with van der Waals surface area (Å²) < 4.78 is 10.6. The predicted octanol–water partition coefficient (Wildman–Crippen LogP) is 0.921. The number of methoxy groups -OCH3 is 2. The molecule has 2 fully saturated rings. The molecule has 0 amide bonds. The largest absolute Gasteiger partial charge is 0.493 e. The van der Waals surface area contributed by atoms with Crippen molar-refractivity contribution in [2.45, 2.75) is 12.1 Å². The lowest BCUT2D eigenvalue weighted by Gasteiger charge is -2.17. The van der Waals surface area contributed by atoms with E-state index in [1.54, 1.807) is 14.2 Å². The van der Waals surface area contributed by atoms with Gasteiger partial charge in [0.15, 0.2) is 11.5 Å². The molecule has 1 heterocycles. The van der Waals surface area contributed by atoms with Crippen LogP contribution in [0.5, 0.6) is 11.5 Å². The quantitative estimate of drug-likeness (QED) is 0.816. The van der Waals surface area contributed by atoms with Crippen LogP contribution in [0.1, 0.15) is 11.6 Å². The smallest absolute Gasteiger partial charge is 0.161 e. The molecule has 2 aliphatic rings. The Morgan fingerprint density at radius 3 is 2.59 bits per heavy atom. The lowest BCUT2D eigenvalue weighted by Crippen LogP contribution is -2.25. The van der Waals surface area contributed by atoms with Crippen LogP contribution < -0.4 is 20.5 Å². The Labute approximate surface area is 101 Å². The van der Waals surface area contributed by atoms with Crippen LogP contribution in [0.3, 0.4) is 0 Å². The van der Waals surface area contributed by atoms with Gasteiger partial charge in [-0.15, -0.1) is 0 Å². The summed E-state index contributed by atoms with van der Waals surface area (Å²) in [5.41, 5.74) is 7.27. The fourth-order valence-electron chi connectivity index (χ4n) is 2.96. The minimum absolute atomic E-state index is 0.370. The van der Waals surface area contributed by atoms with Gasteiger partial charge in [-0.1, -0.05) is 6.07 Å². The molecule has 1 aliphatic carbocycles. The van der Waals surface area contributed by atoms with Crippen molar-refractivity contribution in [3.8, 4) is 11.5 Å². The number of fused-ring (bicyclic) bond motifs is 1. The minimum atomic E-state index is 0.370. The molecule has 0 spiro atoms. The van der Waals surface area contributed by atoms with Gasteiger partial charge in [-0.25, -0.2) is 0 Å². The standard InChI is InChI=1S/C13H18N2O2/c1-16-9-4-3-7(5-10(9)17-2)13-11-8(6-15-13)12(11)14/h3-5,8,11-13,15H,6,14H2,1-2H3. The molecule has 3 rings (SSSR count). The summed E-state index contributed by atoms with van der Waals surface area (Å²) in [6, 6.07) is 6.83. The van der Waals surface area contributed by atoms with E-state index in [1.807, 2.05) is 12.1 Å². The Hall–Kier alpha value is -1.26. The van der Waals surface area contributed by atoms with Gasteiger partial charge in [0.1, 0.15) is 0 Å². The van der Waals surface area contributed by atoms with Crippen LogP contribution in [0.15, 0.2) is 18.2 Å². The molecule has 4 nitrogen and oxygen atoms in total. The molecule has 1 saturated heterocycles. The first kappa shape index (κ1) is 10.9. The highest BCUT2D eigenvalue weighted by Gasteiger charge is 2.56. The predicted molar refractivity (Wildman–Crippen MR) is 65.2 cm³/mol. The number of nitrogens with one attached hydrogen (secondary N) is 1. The molecule has 4 heteroatoms. The van der Waals surface area contributed by atoms with E-state index < -0.39 is 0 Å². The van der Waals surface area contributed by atoms with Gasteiger partial charge in [0.05, 0.1) is 14.2 Å². The normalized spacial score (nSPS) is 34.3. The fraction of sp³-hybridized carbons (Fsp3) is 0.538. The molecular formula is C13H18N2O2. The molecule has 0 aromatic heterocycles. The van der Waals surface area contributed by atoms with Gasteiger partial charge in [0, 0.05) is 18.6 Å². The summed E-state index contributed by atoms with van der Waals surface area (Å²) in [4.78, 5) is 0. The van der Waals surface area contributed by atoms with Crippen LogP contribution in [-0.4, -0.2) is 26.8 Å². The zero-order chi connectivity index (χ0) is 12.0. The number of nitrogens with two attached hydrogens (primary N) is 1. The Bertz CT molecular complexity index is 435.